The van der Waals surface area contributed by atoms with Gasteiger partial charge < -0.3 is 25.1 Å². The van der Waals surface area contributed by atoms with Crippen molar-refractivity contribution in [1.29, 1.82) is 0 Å². The average Bonchev–Trinajstić information content (AvgIpc) is 3.54. The number of carbonyl (C=O) groups excluding carboxylic acids is 1. The largest absolute Gasteiger partial charge is 0.480 e. The van der Waals surface area contributed by atoms with Gasteiger partial charge in [0.25, 0.3) is 5.91 Å². The van der Waals surface area contributed by atoms with Gasteiger partial charge in [0.05, 0.1) is 23.8 Å². The second kappa shape index (κ2) is 10.8. The lowest BCUT2D eigenvalue weighted by atomic mass is 9.98. The Morgan fingerprint density at radius 3 is 2.44 bits per heavy atom. The van der Waals surface area contributed by atoms with Crippen molar-refractivity contribution in [3.8, 4) is 11.5 Å². The smallest absolute Gasteiger partial charge is 0.326 e. The maximum absolute atomic E-state index is 12.9. The van der Waals surface area contributed by atoms with Gasteiger partial charge >= 0.3 is 5.97 Å². The van der Waals surface area contributed by atoms with Crippen LogP contribution in [-0.4, -0.2) is 38.0 Å². The van der Waals surface area contributed by atoms with E-state index in [2.05, 4.69) is 25.6 Å². The van der Waals surface area contributed by atoms with Crippen LogP contribution >= 0.6 is 0 Å². The maximum Gasteiger partial charge on any atom is 0.326 e. The van der Waals surface area contributed by atoms with Gasteiger partial charge in [-0.25, -0.2) is 14.8 Å². The topological polar surface area (TPSA) is 133 Å². The molecule has 0 fully saturated rings. The van der Waals surface area contributed by atoms with Crippen molar-refractivity contribution in [3.05, 3.63) is 100 Å². The molecule has 2 aromatic heterocycles. The van der Waals surface area contributed by atoms with Gasteiger partial charge in [0.2, 0.25) is 11.8 Å². The zero-order valence-electron chi connectivity index (χ0n) is 21.9. The first-order valence-electron chi connectivity index (χ1n) is 12.6. The number of carbonyl (C=O) groups is 2. The highest BCUT2D eigenvalue weighted by atomic mass is 16.4. The predicted octanol–water partition coefficient (Wildman–Crippen LogP) is 5.18. The number of nitrogens with zero attached hydrogens (tertiary/aromatic N) is 2. The van der Waals surface area contributed by atoms with E-state index in [1.165, 1.54) is 0 Å². The van der Waals surface area contributed by atoms with Crippen molar-refractivity contribution in [1.82, 2.24) is 20.3 Å². The Morgan fingerprint density at radius 2 is 1.74 bits per heavy atom. The Hall–Kier alpha value is -4.92. The number of oxazole rings is 1. The molecule has 198 valence electrons. The number of fused-ring (bicyclic) bond motifs is 1. The maximum atomic E-state index is 12.9. The van der Waals surface area contributed by atoms with E-state index in [0.29, 0.717) is 29.7 Å². The first-order chi connectivity index (χ1) is 18.8. The lowest BCUT2D eigenvalue weighted by Gasteiger charge is -2.17. The molecule has 0 aliphatic heterocycles. The van der Waals surface area contributed by atoms with E-state index in [-0.39, 0.29) is 6.42 Å². The fraction of sp³-hybridized carbons (Fsp3) is 0.200. The number of imidazole rings is 1. The summed E-state index contributed by atoms with van der Waals surface area (Å²) in [5.41, 5.74) is 6.55. The van der Waals surface area contributed by atoms with Crippen LogP contribution in [0.3, 0.4) is 0 Å². The van der Waals surface area contributed by atoms with Crippen LogP contribution in [0.1, 0.15) is 38.4 Å². The molecule has 0 spiro atoms. The summed E-state index contributed by atoms with van der Waals surface area (Å²) in [5.74, 6) is 0.259. The fourth-order valence-corrected chi connectivity index (χ4v) is 4.72. The number of hydrogen-bond donors (Lipinski definition) is 4. The molecule has 0 aliphatic rings. The molecule has 1 amide bonds. The van der Waals surface area contributed by atoms with Gasteiger partial charge in [0.1, 0.15) is 11.8 Å². The molecule has 0 aliphatic carbocycles. The van der Waals surface area contributed by atoms with Gasteiger partial charge in [-0.15, -0.1) is 0 Å². The molecule has 1 unspecified atom stereocenters. The molecule has 9 heteroatoms. The molecule has 0 saturated carbocycles. The minimum Gasteiger partial charge on any atom is -0.480 e. The molecule has 1 atom stereocenters. The van der Waals surface area contributed by atoms with Gasteiger partial charge in [-0.2, -0.15) is 0 Å². The number of anilines is 1. The van der Waals surface area contributed by atoms with Gasteiger partial charge in [0.15, 0.2) is 0 Å². The SMILES string of the molecule is Cc1cc(C)c(C(=O)NC(Cc2ccc(-c3ncc(CNc4nc5ccccc5[nH]4)o3)cc2)C(=O)O)c(C)c1. The molecule has 0 saturated heterocycles. The quantitative estimate of drug-likeness (QED) is 0.209. The number of aromatic amines is 1. The Balaban J connectivity index is 1.22. The van der Waals surface area contributed by atoms with Crippen LogP contribution in [0.15, 0.2) is 71.3 Å². The fourth-order valence-electron chi connectivity index (χ4n) is 4.72. The Bertz CT molecular complexity index is 1600. The summed E-state index contributed by atoms with van der Waals surface area (Å²) in [4.78, 5) is 36.9. The van der Waals surface area contributed by atoms with Crippen LogP contribution in [0.5, 0.6) is 0 Å². The van der Waals surface area contributed by atoms with E-state index in [1.54, 1.807) is 6.20 Å². The van der Waals surface area contributed by atoms with Crippen LogP contribution in [0.2, 0.25) is 0 Å². The van der Waals surface area contributed by atoms with Crippen molar-refractivity contribution in [2.75, 3.05) is 5.32 Å². The Morgan fingerprint density at radius 1 is 1.03 bits per heavy atom. The first-order valence-corrected chi connectivity index (χ1v) is 12.6. The number of benzene rings is 3. The molecule has 9 nitrogen and oxygen atoms in total. The number of carboxylic acids is 1. The Labute approximate surface area is 225 Å². The third kappa shape index (κ3) is 5.82. The normalized spacial score (nSPS) is 11.9. The van der Waals surface area contributed by atoms with E-state index in [4.69, 9.17) is 4.42 Å². The van der Waals surface area contributed by atoms with Crippen LogP contribution in [0.4, 0.5) is 5.95 Å². The second-order valence-corrected chi connectivity index (χ2v) is 9.63. The van der Waals surface area contributed by atoms with Crippen LogP contribution in [0.25, 0.3) is 22.5 Å². The summed E-state index contributed by atoms with van der Waals surface area (Å²) in [7, 11) is 0. The number of nitrogens with one attached hydrogen (secondary N) is 3. The number of H-pyrrole nitrogens is 1. The number of para-hydroxylation sites is 2. The molecule has 4 N–H and O–H groups in total. The number of carboxylic acid groups (broad SMARTS) is 1. The number of aromatic nitrogens is 3. The van der Waals surface area contributed by atoms with Gasteiger partial charge in [-0.3, -0.25) is 4.79 Å². The van der Waals surface area contributed by atoms with E-state index in [9.17, 15) is 14.7 Å². The zero-order valence-corrected chi connectivity index (χ0v) is 21.9. The molecular weight excluding hydrogens is 494 g/mol. The molecular formula is C30H29N5O4. The second-order valence-electron chi connectivity index (χ2n) is 9.63. The van der Waals surface area contributed by atoms with Gasteiger partial charge in [-0.05, 0) is 61.7 Å². The molecule has 5 aromatic rings. The molecule has 39 heavy (non-hydrogen) atoms. The average molecular weight is 524 g/mol. The van der Waals surface area contributed by atoms with Crippen molar-refractivity contribution >= 4 is 28.9 Å². The van der Waals surface area contributed by atoms with Gasteiger partial charge in [-0.1, -0.05) is 42.0 Å². The summed E-state index contributed by atoms with van der Waals surface area (Å²) in [6, 6.07) is 17.8. The van der Waals surface area contributed by atoms with E-state index >= 15 is 0 Å². The Kier molecular flexibility index (Phi) is 7.14. The molecule has 0 bridgehead atoms. The highest BCUT2D eigenvalue weighted by Gasteiger charge is 2.23. The van der Waals surface area contributed by atoms with Gasteiger partial charge in [0, 0.05) is 17.5 Å². The van der Waals surface area contributed by atoms with E-state index in [1.807, 2.05) is 81.4 Å². The van der Waals surface area contributed by atoms with Crippen LogP contribution in [-0.2, 0) is 17.8 Å². The standard InChI is InChI=1S/C30H29N5O4/c1-17-12-18(2)26(19(3)13-17)27(36)33-25(29(37)38)14-20-8-10-21(11-9-20)28-31-15-22(39-28)16-32-30-34-23-6-4-5-7-24(23)35-30/h4-13,15,25H,14,16H2,1-3H3,(H,33,36)(H,37,38)(H2,32,34,35). The third-order valence-electron chi connectivity index (χ3n) is 6.52. The summed E-state index contributed by atoms with van der Waals surface area (Å²) in [5, 5.41) is 15.7. The van der Waals surface area contributed by atoms with Crippen molar-refractivity contribution < 1.29 is 19.1 Å². The summed E-state index contributed by atoms with van der Waals surface area (Å²) in [6.07, 6.45) is 1.80. The van der Waals surface area contributed by atoms with Crippen LogP contribution < -0.4 is 10.6 Å². The molecule has 0 radical (unpaired) electrons. The van der Waals surface area contributed by atoms with E-state index in [0.717, 1.165) is 38.9 Å². The summed E-state index contributed by atoms with van der Waals surface area (Å²) < 4.78 is 5.89. The number of hydrogen-bond acceptors (Lipinski definition) is 6. The minimum atomic E-state index is -1.09. The predicted molar refractivity (Wildman–Crippen MR) is 149 cm³/mol. The first kappa shape index (κ1) is 25.7. The number of amides is 1. The number of aliphatic carboxylic acids is 1. The summed E-state index contributed by atoms with van der Waals surface area (Å²) in [6.45, 7) is 6.08. The highest BCUT2D eigenvalue weighted by Crippen LogP contribution is 2.22. The van der Waals surface area contributed by atoms with Crippen molar-refractivity contribution in [2.24, 2.45) is 0 Å². The molecule has 5 rings (SSSR count). The van der Waals surface area contributed by atoms with Crippen LogP contribution in [0, 0.1) is 20.8 Å². The zero-order chi connectivity index (χ0) is 27.5. The molecule has 3 aromatic carbocycles. The number of aryl methyl sites for hydroxylation is 3. The lowest BCUT2D eigenvalue weighted by molar-refractivity contribution is -0.139. The lowest BCUT2D eigenvalue weighted by Crippen LogP contribution is -2.42. The monoisotopic (exact) mass is 523 g/mol. The summed E-state index contributed by atoms with van der Waals surface area (Å²) >= 11 is 0. The van der Waals surface area contributed by atoms with E-state index < -0.39 is 17.9 Å². The molecule has 2 heterocycles. The third-order valence-corrected chi connectivity index (χ3v) is 6.52. The van der Waals surface area contributed by atoms with Crippen molar-refractivity contribution in [2.45, 2.75) is 39.8 Å². The van der Waals surface area contributed by atoms with Crippen molar-refractivity contribution in [3.63, 3.8) is 0 Å². The highest BCUT2D eigenvalue weighted by molar-refractivity contribution is 5.99. The minimum absolute atomic E-state index is 0.142. The number of rotatable bonds is 9.